The van der Waals surface area contributed by atoms with Gasteiger partial charge in [-0.1, -0.05) is 6.07 Å². The third-order valence-corrected chi connectivity index (χ3v) is 6.04. The molecule has 0 aliphatic carbocycles. The largest absolute Gasteiger partial charge is 0.493 e. The standard InChI is InChI=1S/C23H25FN2O4/c1-29-20-5-3-4-19(21(20)30-2)23(28)26-17-10-11-18(26)13-16(12-17)25-22(27)14-6-8-15(24)9-7-14/h3-9,16-18H,10-13H2,1-2H3,(H,25,27)/t16?,17-,18+. The molecule has 7 heteroatoms. The smallest absolute Gasteiger partial charge is 0.258 e. The van der Waals surface area contributed by atoms with E-state index in [-0.39, 0.29) is 35.8 Å². The average molecular weight is 412 g/mol. The molecule has 3 atom stereocenters. The van der Waals surface area contributed by atoms with Crippen molar-refractivity contribution in [2.24, 2.45) is 0 Å². The molecule has 2 fully saturated rings. The topological polar surface area (TPSA) is 67.9 Å². The van der Waals surface area contributed by atoms with Crippen molar-refractivity contribution >= 4 is 11.8 Å². The molecule has 2 aliphatic heterocycles. The predicted octanol–water partition coefficient (Wildman–Crippen LogP) is 3.41. The highest BCUT2D eigenvalue weighted by atomic mass is 19.1. The number of amides is 2. The van der Waals surface area contributed by atoms with Crippen LogP contribution in [0.2, 0.25) is 0 Å². The number of para-hydroxylation sites is 1. The minimum Gasteiger partial charge on any atom is -0.493 e. The second kappa shape index (κ2) is 8.34. The summed E-state index contributed by atoms with van der Waals surface area (Å²) >= 11 is 0. The highest BCUT2D eigenvalue weighted by molar-refractivity contribution is 5.98. The number of piperidine rings is 1. The first kappa shape index (κ1) is 20.2. The molecule has 2 aromatic carbocycles. The number of rotatable bonds is 5. The maximum absolute atomic E-state index is 13.4. The third-order valence-electron chi connectivity index (χ3n) is 6.04. The third kappa shape index (κ3) is 3.72. The molecule has 6 nitrogen and oxygen atoms in total. The highest BCUT2D eigenvalue weighted by Crippen LogP contribution is 2.39. The van der Waals surface area contributed by atoms with Gasteiger partial charge >= 0.3 is 0 Å². The summed E-state index contributed by atoms with van der Waals surface area (Å²) in [7, 11) is 3.07. The first-order valence-electron chi connectivity index (χ1n) is 10.1. The van der Waals surface area contributed by atoms with Gasteiger partial charge in [0, 0.05) is 23.7 Å². The van der Waals surface area contributed by atoms with Gasteiger partial charge in [0.15, 0.2) is 11.5 Å². The molecule has 2 aliphatic rings. The normalized spacial score (nSPS) is 22.5. The minimum absolute atomic E-state index is 0.0173. The van der Waals surface area contributed by atoms with E-state index < -0.39 is 0 Å². The maximum atomic E-state index is 13.4. The fourth-order valence-corrected chi connectivity index (χ4v) is 4.69. The van der Waals surface area contributed by atoms with E-state index >= 15 is 0 Å². The number of hydrogen-bond donors (Lipinski definition) is 1. The molecule has 2 aromatic rings. The van der Waals surface area contributed by atoms with Crippen molar-refractivity contribution in [2.75, 3.05) is 14.2 Å². The van der Waals surface area contributed by atoms with Gasteiger partial charge in [-0.15, -0.1) is 0 Å². The van der Waals surface area contributed by atoms with Crippen LogP contribution in [-0.4, -0.2) is 49.1 Å². The van der Waals surface area contributed by atoms with Crippen molar-refractivity contribution in [1.82, 2.24) is 10.2 Å². The molecule has 2 amide bonds. The van der Waals surface area contributed by atoms with Crippen LogP contribution in [0.4, 0.5) is 4.39 Å². The van der Waals surface area contributed by atoms with Crippen LogP contribution in [0.25, 0.3) is 0 Å². The van der Waals surface area contributed by atoms with Gasteiger partial charge in [0.2, 0.25) is 0 Å². The Morgan fingerprint density at radius 2 is 1.67 bits per heavy atom. The van der Waals surface area contributed by atoms with Crippen LogP contribution in [0.1, 0.15) is 46.4 Å². The van der Waals surface area contributed by atoms with E-state index in [1.807, 2.05) is 4.90 Å². The van der Waals surface area contributed by atoms with Gasteiger partial charge < -0.3 is 19.7 Å². The van der Waals surface area contributed by atoms with E-state index in [4.69, 9.17) is 9.47 Å². The van der Waals surface area contributed by atoms with Crippen LogP contribution < -0.4 is 14.8 Å². The Balaban J connectivity index is 1.47. The summed E-state index contributed by atoms with van der Waals surface area (Å²) in [5, 5.41) is 3.05. The molecule has 0 saturated carbocycles. The van der Waals surface area contributed by atoms with Gasteiger partial charge in [-0.3, -0.25) is 9.59 Å². The summed E-state index contributed by atoms with van der Waals surface area (Å²) in [5.41, 5.74) is 0.922. The maximum Gasteiger partial charge on any atom is 0.258 e. The molecule has 4 rings (SSSR count). The number of benzene rings is 2. The number of halogens is 1. The average Bonchev–Trinajstić information content (AvgIpc) is 3.03. The van der Waals surface area contributed by atoms with Crippen molar-refractivity contribution in [1.29, 1.82) is 0 Å². The van der Waals surface area contributed by atoms with Crippen molar-refractivity contribution in [3.05, 3.63) is 59.4 Å². The summed E-state index contributed by atoms with van der Waals surface area (Å²) in [4.78, 5) is 27.8. The SMILES string of the molecule is COc1cccc(C(=O)N2[C@@H]3CC[C@H]2CC(NC(=O)c2ccc(F)cc2)C3)c1OC. The van der Waals surface area contributed by atoms with Crippen LogP contribution in [0.3, 0.4) is 0 Å². The van der Waals surface area contributed by atoms with E-state index in [2.05, 4.69) is 5.32 Å². The molecule has 30 heavy (non-hydrogen) atoms. The summed E-state index contributed by atoms with van der Waals surface area (Å²) in [6.45, 7) is 0. The van der Waals surface area contributed by atoms with Gasteiger partial charge in [-0.2, -0.15) is 0 Å². The van der Waals surface area contributed by atoms with Crippen molar-refractivity contribution in [3.8, 4) is 11.5 Å². The zero-order chi connectivity index (χ0) is 21.3. The Bertz CT molecular complexity index is 933. The zero-order valence-electron chi connectivity index (χ0n) is 17.1. The molecular formula is C23H25FN2O4. The monoisotopic (exact) mass is 412 g/mol. The van der Waals surface area contributed by atoms with E-state index in [1.54, 1.807) is 25.3 Å². The van der Waals surface area contributed by atoms with Gasteiger partial charge in [-0.25, -0.2) is 4.39 Å². The lowest BCUT2D eigenvalue weighted by molar-refractivity contribution is 0.0546. The minimum atomic E-state index is -0.371. The predicted molar refractivity (Wildman–Crippen MR) is 109 cm³/mol. The van der Waals surface area contributed by atoms with Crippen molar-refractivity contribution < 1.29 is 23.5 Å². The molecule has 1 unspecified atom stereocenters. The van der Waals surface area contributed by atoms with Crippen molar-refractivity contribution in [3.63, 3.8) is 0 Å². The number of methoxy groups -OCH3 is 2. The van der Waals surface area contributed by atoms with Crippen molar-refractivity contribution in [2.45, 2.75) is 43.8 Å². The van der Waals surface area contributed by atoms with E-state index in [1.165, 1.54) is 31.4 Å². The fraction of sp³-hybridized carbons (Fsp3) is 0.391. The second-order valence-electron chi connectivity index (χ2n) is 7.79. The lowest BCUT2D eigenvalue weighted by Gasteiger charge is -2.39. The number of nitrogens with one attached hydrogen (secondary N) is 1. The Morgan fingerprint density at radius 1 is 1.00 bits per heavy atom. The van der Waals surface area contributed by atoms with E-state index in [0.717, 1.165) is 12.8 Å². The first-order valence-corrected chi connectivity index (χ1v) is 10.1. The highest BCUT2D eigenvalue weighted by Gasteiger charge is 2.44. The number of hydrogen-bond acceptors (Lipinski definition) is 4. The van der Waals surface area contributed by atoms with Crippen LogP contribution in [-0.2, 0) is 0 Å². The molecule has 2 bridgehead atoms. The summed E-state index contributed by atoms with van der Waals surface area (Å²) in [6, 6.07) is 10.9. The molecule has 0 spiro atoms. The Labute approximate surface area is 175 Å². The van der Waals surface area contributed by atoms with Gasteiger partial charge in [0.05, 0.1) is 19.8 Å². The Kier molecular flexibility index (Phi) is 5.61. The molecule has 158 valence electrons. The number of ether oxygens (including phenoxy) is 2. The molecule has 0 aromatic heterocycles. The molecule has 2 saturated heterocycles. The first-order chi connectivity index (χ1) is 14.5. The lowest BCUT2D eigenvalue weighted by atomic mass is 9.95. The van der Waals surface area contributed by atoms with Crippen LogP contribution in [0.5, 0.6) is 11.5 Å². The van der Waals surface area contributed by atoms with E-state index in [9.17, 15) is 14.0 Å². The van der Waals surface area contributed by atoms with Gasteiger partial charge in [-0.05, 0) is 62.1 Å². The van der Waals surface area contributed by atoms with Crippen LogP contribution in [0.15, 0.2) is 42.5 Å². The summed E-state index contributed by atoms with van der Waals surface area (Å²) < 4.78 is 23.9. The van der Waals surface area contributed by atoms with Gasteiger partial charge in [0.1, 0.15) is 5.82 Å². The molecular weight excluding hydrogens is 387 g/mol. The van der Waals surface area contributed by atoms with Crippen LogP contribution in [0, 0.1) is 5.82 Å². The Hall–Kier alpha value is -3.09. The zero-order valence-corrected chi connectivity index (χ0v) is 17.1. The molecule has 0 radical (unpaired) electrons. The number of nitrogens with zero attached hydrogens (tertiary/aromatic N) is 1. The number of carbonyl (C=O) groups is 2. The van der Waals surface area contributed by atoms with Gasteiger partial charge in [0.25, 0.3) is 11.8 Å². The Morgan fingerprint density at radius 3 is 2.27 bits per heavy atom. The van der Waals surface area contributed by atoms with Crippen LogP contribution >= 0.6 is 0 Å². The number of carbonyl (C=O) groups excluding carboxylic acids is 2. The van der Waals surface area contributed by atoms with E-state index in [0.29, 0.717) is 35.5 Å². The fourth-order valence-electron chi connectivity index (χ4n) is 4.69. The quantitative estimate of drug-likeness (QED) is 0.817. The molecule has 2 heterocycles. The lowest BCUT2D eigenvalue weighted by Crippen LogP contribution is -2.52. The molecule has 1 N–H and O–H groups in total. The summed E-state index contributed by atoms with van der Waals surface area (Å²) in [5.74, 6) is 0.313. The second-order valence-corrected chi connectivity index (χ2v) is 7.79. The summed E-state index contributed by atoms with van der Waals surface area (Å²) in [6.07, 6.45) is 3.21. The number of fused-ring (bicyclic) bond motifs is 2.